The molecule has 2 aromatic heterocycles. The van der Waals surface area contributed by atoms with Crippen LogP contribution in [0.15, 0.2) is 61.2 Å². The van der Waals surface area contributed by atoms with Gasteiger partial charge >= 0.3 is 12.6 Å². The lowest BCUT2D eigenvalue weighted by molar-refractivity contribution is -0.605. The van der Waals surface area contributed by atoms with E-state index in [2.05, 4.69) is 9.72 Å². The molecule has 1 aliphatic carbocycles. The van der Waals surface area contributed by atoms with Gasteiger partial charge in [-0.3, -0.25) is 4.79 Å². The summed E-state index contributed by atoms with van der Waals surface area (Å²) in [7, 11) is 0. The molecule has 0 spiro atoms. The Labute approximate surface area is 232 Å². The average Bonchev–Trinajstić information content (AvgIpc) is 3.64. The first-order chi connectivity index (χ1) is 18.8. The van der Waals surface area contributed by atoms with Crippen molar-refractivity contribution in [3.8, 4) is 11.5 Å². The summed E-state index contributed by atoms with van der Waals surface area (Å²) in [6, 6.07) is 11.7. The van der Waals surface area contributed by atoms with Crippen LogP contribution in [0.5, 0.6) is 11.5 Å². The van der Waals surface area contributed by atoms with Crippen molar-refractivity contribution in [1.29, 1.82) is 0 Å². The normalized spacial score (nSPS) is 14.0. The molecule has 8 nitrogen and oxygen atoms in total. The molecule has 204 valence electrons. The first kappa shape index (κ1) is 27.0. The van der Waals surface area contributed by atoms with E-state index in [0.29, 0.717) is 28.4 Å². The van der Waals surface area contributed by atoms with Crippen LogP contribution in [0.4, 0.5) is 8.78 Å². The second-order valence-electron chi connectivity index (χ2n) is 9.18. The van der Waals surface area contributed by atoms with Crippen molar-refractivity contribution in [3.05, 3.63) is 87.6 Å². The molecular formula is C27H23Cl2F2N3O5. The van der Waals surface area contributed by atoms with Crippen LogP contribution in [0, 0.1) is 11.1 Å². The van der Waals surface area contributed by atoms with Crippen LogP contribution in [0.25, 0.3) is 11.0 Å². The number of alkyl halides is 2. The van der Waals surface area contributed by atoms with Crippen molar-refractivity contribution in [1.82, 2.24) is 9.55 Å². The number of aromatic nitrogens is 3. The lowest BCUT2D eigenvalue weighted by atomic mass is 10.0. The topological polar surface area (TPSA) is 89.5 Å². The SMILES string of the molecule is O=C(Cn1cnc2ccccc21)OC(Cc1c(Cl)c[n+]([O-])cc1Cl)c1ccc(OC(F)F)c(OCC2CC2)c1. The predicted molar refractivity (Wildman–Crippen MR) is 139 cm³/mol. The van der Waals surface area contributed by atoms with Crippen LogP contribution in [0.2, 0.25) is 10.0 Å². The summed E-state index contributed by atoms with van der Waals surface area (Å²) in [5.74, 6) is -0.262. The highest BCUT2D eigenvalue weighted by Gasteiger charge is 2.26. The van der Waals surface area contributed by atoms with Gasteiger partial charge in [0.05, 0.1) is 24.0 Å². The van der Waals surface area contributed by atoms with Crippen LogP contribution >= 0.6 is 23.2 Å². The summed E-state index contributed by atoms with van der Waals surface area (Å²) in [5.41, 5.74) is 2.30. The minimum atomic E-state index is -3.04. The van der Waals surface area contributed by atoms with Gasteiger partial charge in [0.15, 0.2) is 23.9 Å². The van der Waals surface area contributed by atoms with E-state index in [9.17, 15) is 18.8 Å². The molecule has 0 radical (unpaired) electrons. The molecule has 1 fully saturated rings. The third-order valence-electron chi connectivity index (χ3n) is 6.27. The molecule has 0 saturated heterocycles. The third kappa shape index (κ3) is 6.69. The number of carbonyl (C=O) groups is 1. The standard InChI is InChI=1S/C27H23Cl2F2N3O5/c28-19-11-34(36)12-20(29)18(19)10-24(38-26(35)13-33-15-32-21-3-1-2-4-22(21)33)17-7-8-23(39-27(30)31)25(9-17)37-14-16-5-6-16/h1-4,7-9,11-12,15-16,24,27H,5-6,10,13-14H2. The predicted octanol–water partition coefficient (Wildman–Crippen LogP) is 5.89. The fourth-order valence-corrected chi connectivity index (χ4v) is 4.73. The number of rotatable bonds is 11. The number of ether oxygens (including phenoxy) is 3. The Morgan fingerprint density at radius 2 is 1.87 bits per heavy atom. The van der Waals surface area contributed by atoms with Crippen molar-refractivity contribution in [3.63, 3.8) is 0 Å². The molecule has 1 atom stereocenters. The maximum absolute atomic E-state index is 13.1. The van der Waals surface area contributed by atoms with E-state index in [1.165, 1.54) is 18.2 Å². The van der Waals surface area contributed by atoms with Gasteiger partial charge in [-0.2, -0.15) is 13.5 Å². The fraction of sp³-hybridized carbons (Fsp3) is 0.296. The van der Waals surface area contributed by atoms with Crippen LogP contribution < -0.4 is 14.2 Å². The summed E-state index contributed by atoms with van der Waals surface area (Å²) in [6.45, 7) is -2.83. The zero-order chi connectivity index (χ0) is 27.5. The lowest BCUT2D eigenvalue weighted by Gasteiger charge is -2.21. The van der Waals surface area contributed by atoms with Crippen LogP contribution in [0.3, 0.4) is 0 Å². The van der Waals surface area contributed by atoms with Crippen LogP contribution in [-0.2, 0) is 22.5 Å². The molecule has 0 bridgehead atoms. The Kier molecular flexibility index (Phi) is 8.04. The van der Waals surface area contributed by atoms with Gasteiger partial charge in [0, 0.05) is 12.0 Å². The van der Waals surface area contributed by atoms with Crippen molar-refractivity contribution in [2.24, 2.45) is 5.92 Å². The molecular weight excluding hydrogens is 555 g/mol. The quantitative estimate of drug-likeness (QED) is 0.125. The van der Waals surface area contributed by atoms with Gasteiger partial charge in [0.2, 0.25) is 0 Å². The molecule has 5 rings (SSSR count). The van der Waals surface area contributed by atoms with E-state index in [-0.39, 0.29) is 34.5 Å². The number of benzene rings is 2. The summed E-state index contributed by atoms with van der Waals surface area (Å²) in [5, 5.41) is 11.9. The number of carbonyl (C=O) groups excluding carboxylic acids is 1. The lowest BCUT2D eigenvalue weighted by Crippen LogP contribution is -2.26. The zero-order valence-electron chi connectivity index (χ0n) is 20.4. The van der Waals surface area contributed by atoms with Crippen molar-refractivity contribution < 1.29 is 32.5 Å². The number of hydrogen-bond donors (Lipinski definition) is 0. The van der Waals surface area contributed by atoms with E-state index in [1.54, 1.807) is 10.9 Å². The summed E-state index contributed by atoms with van der Waals surface area (Å²) in [6.07, 6.45) is 4.88. The second-order valence-corrected chi connectivity index (χ2v) is 9.99. The summed E-state index contributed by atoms with van der Waals surface area (Å²) < 4.78 is 44.5. The molecule has 0 N–H and O–H groups in total. The number of imidazole rings is 1. The van der Waals surface area contributed by atoms with Gasteiger partial charge < -0.3 is 24.0 Å². The Hall–Kier alpha value is -3.63. The highest BCUT2D eigenvalue weighted by atomic mass is 35.5. The number of nitrogens with zero attached hydrogens (tertiary/aromatic N) is 3. The molecule has 39 heavy (non-hydrogen) atoms. The van der Waals surface area contributed by atoms with Gasteiger partial charge in [0.25, 0.3) is 0 Å². The highest BCUT2D eigenvalue weighted by Crippen LogP contribution is 2.37. The van der Waals surface area contributed by atoms with Gasteiger partial charge in [-0.05, 0) is 48.6 Å². The van der Waals surface area contributed by atoms with Crippen LogP contribution in [0.1, 0.15) is 30.1 Å². The number of fused-ring (bicyclic) bond motifs is 1. The number of pyridine rings is 1. The van der Waals surface area contributed by atoms with Gasteiger partial charge in [-0.25, -0.2) is 4.98 Å². The molecule has 2 heterocycles. The fourth-order valence-electron chi connectivity index (χ4n) is 4.13. The number of halogens is 4. The average molecular weight is 578 g/mol. The summed E-state index contributed by atoms with van der Waals surface area (Å²) in [4.78, 5) is 17.4. The molecule has 4 aromatic rings. The first-order valence-electron chi connectivity index (χ1n) is 12.1. The second kappa shape index (κ2) is 11.6. The van der Waals surface area contributed by atoms with Crippen molar-refractivity contribution in [2.45, 2.75) is 38.5 Å². The minimum Gasteiger partial charge on any atom is -0.619 e. The third-order valence-corrected chi connectivity index (χ3v) is 6.93. The largest absolute Gasteiger partial charge is 0.619 e. The first-order valence-corrected chi connectivity index (χ1v) is 12.9. The van der Waals surface area contributed by atoms with E-state index >= 15 is 0 Å². The van der Waals surface area contributed by atoms with E-state index in [4.69, 9.17) is 32.7 Å². The number of esters is 1. The number of hydrogen-bond acceptors (Lipinski definition) is 6. The molecule has 2 aromatic carbocycles. The Balaban J connectivity index is 1.45. The zero-order valence-corrected chi connectivity index (χ0v) is 21.9. The Morgan fingerprint density at radius 1 is 1.13 bits per heavy atom. The highest BCUT2D eigenvalue weighted by molar-refractivity contribution is 6.35. The molecule has 0 amide bonds. The van der Waals surface area contributed by atoms with Crippen molar-refractivity contribution >= 4 is 40.2 Å². The van der Waals surface area contributed by atoms with E-state index in [1.807, 2.05) is 24.3 Å². The van der Waals surface area contributed by atoms with Gasteiger partial charge in [-0.15, -0.1) is 0 Å². The van der Waals surface area contributed by atoms with Crippen molar-refractivity contribution in [2.75, 3.05) is 6.61 Å². The smallest absolute Gasteiger partial charge is 0.387 e. The maximum Gasteiger partial charge on any atom is 0.387 e. The molecule has 1 aliphatic rings. The monoisotopic (exact) mass is 577 g/mol. The molecule has 12 heteroatoms. The van der Waals surface area contributed by atoms with Gasteiger partial charge in [0.1, 0.15) is 22.7 Å². The number of para-hydroxylation sites is 2. The molecule has 1 unspecified atom stereocenters. The van der Waals surface area contributed by atoms with Crippen LogP contribution in [-0.4, -0.2) is 28.7 Å². The maximum atomic E-state index is 13.1. The molecule has 0 aliphatic heterocycles. The van der Waals surface area contributed by atoms with E-state index < -0.39 is 18.7 Å². The van der Waals surface area contributed by atoms with Gasteiger partial charge in [-0.1, -0.05) is 41.4 Å². The Bertz CT molecular complexity index is 1470. The summed E-state index contributed by atoms with van der Waals surface area (Å²) >= 11 is 12.6. The molecule has 1 saturated carbocycles. The van der Waals surface area contributed by atoms with E-state index in [0.717, 1.165) is 36.3 Å². The minimum absolute atomic E-state index is 0.00599. The Morgan fingerprint density at radius 3 is 2.59 bits per heavy atom.